The van der Waals surface area contributed by atoms with Crippen molar-refractivity contribution < 1.29 is 14.3 Å². The van der Waals surface area contributed by atoms with Gasteiger partial charge in [-0.15, -0.1) is 0 Å². The largest absolute Gasteiger partial charge is 0.492 e. The Labute approximate surface area is 130 Å². The number of rotatable bonds is 6. The fourth-order valence-electron chi connectivity index (χ4n) is 2.44. The number of benzene rings is 1. The highest BCUT2D eigenvalue weighted by Gasteiger charge is 2.20. The molecule has 0 atom stereocenters. The monoisotopic (exact) mass is 305 g/mol. The van der Waals surface area contributed by atoms with Crippen LogP contribution in [0.5, 0.6) is 5.75 Å². The minimum Gasteiger partial charge on any atom is -0.492 e. The highest BCUT2D eigenvalue weighted by molar-refractivity contribution is 5.88. The minimum atomic E-state index is -0.119. The van der Waals surface area contributed by atoms with E-state index in [2.05, 4.69) is 16.0 Å². The van der Waals surface area contributed by atoms with Crippen molar-refractivity contribution in [3.05, 3.63) is 24.3 Å². The summed E-state index contributed by atoms with van der Waals surface area (Å²) in [5.41, 5.74) is 0.698. The average molecular weight is 305 g/mol. The molecule has 0 aromatic heterocycles. The van der Waals surface area contributed by atoms with Gasteiger partial charge in [0.05, 0.1) is 6.54 Å². The van der Waals surface area contributed by atoms with Gasteiger partial charge in [-0.25, -0.2) is 0 Å². The van der Waals surface area contributed by atoms with E-state index in [4.69, 9.17) is 4.74 Å². The van der Waals surface area contributed by atoms with Crippen LogP contribution in [-0.2, 0) is 9.59 Å². The second kappa shape index (κ2) is 8.38. The Morgan fingerprint density at radius 1 is 1.32 bits per heavy atom. The fourth-order valence-corrected chi connectivity index (χ4v) is 2.44. The van der Waals surface area contributed by atoms with Crippen LogP contribution in [0, 0.1) is 5.92 Å². The molecule has 0 unspecified atom stereocenters. The van der Waals surface area contributed by atoms with Gasteiger partial charge >= 0.3 is 0 Å². The Bertz CT molecular complexity index is 513. The van der Waals surface area contributed by atoms with Crippen molar-refractivity contribution in [2.75, 3.05) is 31.6 Å². The molecule has 1 fully saturated rings. The van der Waals surface area contributed by atoms with Gasteiger partial charge in [0.2, 0.25) is 11.8 Å². The maximum Gasteiger partial charge on any atom is 0.223 e. The standard InChI is InChI=1S/C16H23N3O3/c1-12(20)19-14-3-2-4-15(11-14)22-10-9-18-16(21)13-5-7-17-8-6-13/h2-4,11,13,17H,5-10H2,1H3,(H,18,21)(H,19,20). The van der Waals surface area contributed by atoms with Crippen LogP contribution in [0.2, 0.25) is 0 Å². The van der Waals surface area contributed by atoms with E-state index >= 15 is 0 Å². The number of hydrogen-bond donors (Lipinski definition) is 3. The molecular formula is C16H23N3O3. The molecule has 1 heterocycles. The zero-order valence-corrected chi connectivity index (χ0v) is 12.9. The summed E-state index contributed by atoms with van der Waals surface area (Å²) >= 11 is 0. The van der Waals surface area contributed by atoms with Gasteiger partial charge in [0.25, 0.3) is 0 Å². The van der Waals surface area contributed by atoms with Gasteiger partial charge in [-0.05, 0) is 38.1 Å². The van der Waals surface area contributed by atoms with E-state index < -0.39 is 0 Å². The Kier molecular flexibility index (Phi) is 6.21. The zero-order chi connectivity index (χ0) is 15.8. The lowest BCUT2D eigenvalue weighted by Gasteiger charge is -2.21. The average Bonchev–Trinajstić information content (AvgIpc) is 2.52. The van der Waals surface area contributed by atoms with E-state index in [1.54, 1.807) is 12.1 Å². The highest BCUT2D eigenvalue weighted by Crippen LogP contribution is 2.17. The van der Waals surface area contributed by atoms with Crippen LogP contribution < -0.4 is 20.7 Å². The van der Waals surface area contributed by atoms with Crippen LogP contribution in [0.15, 0.2) is 24.3 Å². The van der Waals surface area contributed by atoms with Crippen molar-refractivity contribution in [2.45, 2.75) is 19.8 Å². The Hall–Kier alpha value is -2.08. The number of carbonyl (C=O) groups excluding carboxylic acids is 2. The van der Waals surface area contributed by atoms with Gasteiger partial charge in [-0.2, -0.15) is 0 Å². The first-order chi connectivity index (χ1) is 10.6. The predicted molar refractivity (Wildman–Crippen MR) is 84.8 cm³/mol. The second-order valence-corrected chi connectivity index (χ2v) is 5.37. The van der Waals surface area contributed by atoms with E-state index in [1.165, 1.54) is 6.92 Å². The summed E-state index contributed by atoms with van der Waals surface area (Å²) in [6.45, 7) is 4.16. The summed E-state index contributed by atoms with van der Waals surface area (Å²) in [6.07, 6.45) is 1.79. The molecule has 120 valence electrons. The number of hydrogen-bond acceptors (Lipinski definition) is 4. The molecule has 2 rings (SSSR count). The predicted octanol–water partition coefficient (Wildman–Crippen LogP) is 1.14. The number of anilines is 1. The van der Waals surface area contributed by atoms with E-state index in [0.29, 0.717) is 24.6 Å². The van der Waals surface area contributed by atoms with E-state index in [1.807, 2.05) is 12.1 Å². The number of ether oxygens (including phenoxy) is 1. The molecule has 22 heavy (non-hydrogen) atoms. The number of nitrogens with one attached hydrogen (secondary N) is 3. The molecule has 0 aliphatic carbocycles. The van der Waals surface area contributed by atoms with Gasteiger partial charge in [-0.3, -0.25) is 9.59 Å². The van der Waals surface area contributed by atoms with Crippen molar-refractivity contribution in [3.63, 3.8) is 0 Å². The molecule has 2 amide bonds. The van der Waals surface area contributed by atoms with Crippen molar-refractivity contribution >= 4 is 17.5 Å². The van der Waals surface area contributed by atoms with Crippen LogP contribution in [0.3, 0.4) is 0 Å². The Morgan fingerprint density at radius 2 is 2.09 bits per heavy atom. The molecule has 1 aromatic rings. The molecule has 1 aromatic carbocycles. The van der Waals surface area contributed by atoms with Gasteiger partial charge < -0.3 is 20.7 Å². The van der Waals surface area contributed by atoms with Gasteiger partial charge in [-0.1, -0.05) is 6.07 Å². The SMILES string of the molecule is CC(=O)Nc1cccc(OCCNC(=O)C2CCNCC2)c1. The lowest BCUT2D eigenvalue weighted by molar-refractivity contribution is -0.125. The summed E-state index contributed by atoms with van der Waals surface area (Å²) < 4.78 is 5.59. The number of amides is 2. The third-order valence-corrected chi connectivity index (χ3v) is 3.53. The molecule has 0 spiro atoms. The van der Waals surface area contributed by atoms with Crippen LogP contribution in [0.4, 0.5) is 5.69 Å². The summed E-state index contributed by atoms with van der Waals surface area (Å²) in [5.74, 6) is 0.773. The lowest BCUT2D eigenvalue weighted by atomic mass is 9.97. The third-order valence-electron chi connectivity index (χ3n) is 3.53. The van der Waals surface area contributed by atoms with E-state index in [9.17, 15) is 9.59 Å². The smallest absolute Gasteiger partial charge is 0.223 e. The first kappa shape index (κ1) is 16.3. The number of carbonyl (C=O) groups is 2. The molecule has 0 saturated carbocycles. The summed E-state index contributed by atoms with van der Waals surface area (Å²) in [7, 11) is 0. The zero-order valence-electron chi connectivity index (χ0n) is 12.9. The first-order valence-corrected chi connectivity index (χ1v) is 7.64. The van der Waals surface area contributed by atoms with Gasteiger partial charge in [0.1, 0.15) is 12.4 Å². The van der Waals surface area contributed by atoms with Gasteiger partial charge in [0.15, 0.2) is 0 Å². The molecule has 1 aliphatic rings. The Balaban J connectivity index is 1.69. The van der Waals surface area contributed by atoms with Crippen molar-refractivity contribution in [1.29, 1.82) is 0 Å². The second-order valence-electron chi connectivity index (χ2n) is 5.37. The first-order valence-electron chi connectivity index (χ1n) is 7.64. The van der Waals surface area contributed by atoms with Crippen molar-refractivity contribution in [3.8, 4) is 5.75 Å². The summed E-state index contributed by atoms with van der Waals surface area (Å²) in [6, 6.07) is 7.19. The Morgan fingerprint density at radius 3 is 2.82 bits per heavy atom. The molecular weight excluding hydrogens is 282 g/mol. The minimum absolute atomic E-state index is 0.108. The normalized spacial score (nSPS) is 15.1. The summed E-state index contributed by atoms with van der Waals surface area (Å²) in [4.78, 5) is 22.9. The third kappa shape index (κ3) is 5.37. The molecule has 3 N–H and O–H groups in total. The molecule has 1 saturated heterocycles. The van der Waals surface area contributed by atoms with E-state index in [0.717, 1.165) is 25.9 Å². The van der Waals surface area contributed by atoms with Crippen LogP contribution in [0.1, 0.15) is 19.8 Å². The summed E-state index contributed by atoms with van der Waals surface area (Å²) in [5, 5.41) is 8.85. The lowest BCUT2D eigenvalue weighted by Crippen LogP contribution is -2.39. The van der Waals surface area contributed by atoms with Crippen molar-refractivity contribution in [2.24, 2.45) is 5.92 Å². The molecule has 1 aliphatic heterocycles. The van der Waals surface area contributed by atoms with Crippen LogP contribution >= 0.6 is 0 Å². The highest BCUT2D eigenvalue weighted by atomic mass is 16.5. The van der Waals surface area contributed by atoms with E-state index in [-0.39, 0.29) is 17.7 Å². The molecule has 0 radical (unpaired) electrons. The van der Waals surface area contributed by atoms with Crippen molar-refractivity contribution in [1.82, 2.24) is 10.6 Å². The molecule has 6 heteroatoms. The quantitative estimate of drug-likeness (QED) is 0.689. The maximum absolute atomic E-state index is 11.9. The molecule has 0 bridgehead atoms. The van der Waals surface area contributed by atoms with Crippen LogP contribution in [-0.4, -0.2) is 38.1 Å². The number of piperidine rings is 1. The van der Waals surface area contributed by atoms with Crippen LogP contribution in [0.25, 0.3) is 0 Å². The fraction of sp³-hybridized carbons (Fsp3) is 0.500. The van der Waals surface area contributed by atoms with Gasteiger partial charge in [0, 0.05) is 24.6 Å². The maximum atomic E-state index is 11.9. The molecule has 6 nitrogen and oxygen atoms in total. The topological polar surface area (TPSA) is 79.5 Å².